The lowest BCUT2D eigenvalue weighted by Crippen LogP contribution is -2.25. The number of aromatic nitrogens is 3. The third-order valence-electron chi connectivity index (χ3n) is 2.89. The minimum atomic E-state index is -0.174. The lowest BCUT2D eigenvalue weighted by Gasteiger charge is -2.14. The van der Waals surface area contributed by atoms with Gasteiger partial charge in [0.2, 0.25) is 11.9 Å². The summed E-state index contributed by atoms with van der Waals surface area (Å²) in [6, 6.07) is 0. The van der Waals surface area contributed by atoms with Crippen LogP contribution in [-0.2, 0) is 16.1 Å². The van der Waals surface area contributed by atoms with Gasteiger partial charge in [-0.25, -0.2) is 0 Å². The summed E-state index contributed by atoms with van der Waals surface area (Å²) in [5.41, 5.74) is 11.0. The molecule has 1 unspecified atom stereocenters. The Labute approximate surface area is 104 Å². The average molecular weight is 252 g/mol. The highest BCUT2D eigenvalue weighted by Gasteiger charge is 2.29. The molecule has 1 aliphatic rings. The second-order valence-electron chi connectivity index (χ2n) is 4.21. The summed E-state index contributed by atoms with van der Waals surface area (Å²) in [5, 5.41) is 0. The second-order valence-corrected chi connectivity index (χ2v) is 4.21. The van der Waals surface area contributed by atoms with Gasteiger partial charge in [0, 0.05) is 6.54 Å². The molecule has 0 amide bonds. The Morgan fingerprint density at radius 1 is 1.39 bits per heavy atom. The van der Waals surface area contributed by atoms with Gasteiger partial charge in [-0.05, 0) is 13.0 Å². The van der Waals surface area contributed by atoms with Crippen LogP contribution in [0.25, 0.3) is 0 Å². The van der Waals surface area contributed by atoms with Crippen molar-refractivity contribution in [2.45, 2.75) is 13.0 Å². The number of ether oxygens (including phenoxy) is 1. The number of hydrogen-bond donors (Lipinski definition) is 2. The Balaban J connectivity index is 1.97. The third kappa shape index (κ3) is 2.83. The number of esters is 1. The number of nitrogens with zero attached hydrogens (tertiary/aromatic N) is 4. The minimum Gasteiger partial charge on any atom is -0.469 e. The van der Waals surface area contributed by atoms with E-state index in [1.54, 1.807) is 0 Å². The first-order valence-electron chi connectivity index (χ1n) is 5.64. The zero-order valence-electron chi connectivity index (χ0n) is 10.2. The molecule has 18 heavy (non-hydrogen) atoms. The first-order valence-corrected chi connectivity index (χ1v) is 5.64. The maximum Gasteiger partial charge on any atom is 0.310 e. The Bertz CT molecular complexity index is 432. The fourth-order valence-corrected chi connectivity index (χ4v) is 2.06. The molecule has 0 aromatic carbocycles. The van der Waals surface area contributed by atoms with Crippen LogP contribution in [0.1, 0.15) is 12.2 Å². The molecule has 1 fully saturated rings. The second kappa shape index (κ2) is 5.13. The molecule has 1 aromatic rings. The van der Waals surface area contributed by atoms with Gasteiger partial charge in [-0.3, -0.25) is 9.69 Å². The normalized spacial score (nSPS) is 19.9. The Hall–Kier alpha value is -1.96. The van der Waals surface area contributed by atoms with Crippen molar-refractivity contribution in [3.05, 3.63) is 5.82 Å². The molecule has 0 bridgehead atoms. The van der Waals surface area contributed by atoms with E-state index in [0.29, 0.717) is 18.9 Å². The van der Waals surface area contributed by atoms with Gasteiger partial charge in [-0.15, -0.1) is 0 Å². The van der Waals surface area contributed by atoms with Gasteiger partial charge in [-0.1, -0.05) is 0 Å². The molecular formula is C10H16N6O2. The van der Waals surface area contributed by atoms with E-state index >= 15 is 0 Å². The van der Waals surface area contributed by atoms with E-state index in [1.165, 1.54) is 7.11 Å². The molecule has 0 saturated carbocycles. The van der Waals surface area contributed by atoms with Crippen molar-refractivity contribution < 1.29 is 9.53 Å². The third-order valence-corrected chi connectivity index (χ3v) is 2.89. The summed E-state index contributed by atoms with van der Waals surface area (Å²) in [5.74, 6) is 0.492. The summed E-state index contributed by atoms with van der Waals surface area (Å²) >= 11 is 0. The van der Waals surface area contributed by atoms with Crippen molar-refractivity contribution in [2.24, 2.45) is 5.92 Å². The number of anilines is 2. The smallest absolute Gasteiger partial charge is 0.310 e. The maximum absolute atomic E-state index is 11.4. The van der Waals surface area contributed by atoms with Crippen LogP contribution in [-0.4, -0.2) is 46.0 Å². The number of methoxy groups -OCH3 is 1. The van der Waals surface area contributed by atoms with Crippen LogP contribution in [0.5, 0.6) is 0 Å². The SMILES string of the molecule is COC(=O)C1CCN(Cc2nc(N)nc(N)n2)C1. The number of likely N-dealkylation sites (tertiary alicyclic amines) is 1. The quantitative estimate of drug-likeness (QED) is 0.659. The number of nitrogen functional groups attached to an aromatic ring is 2. The molecule has 8 nitrogen and oxygen atoms in total. The highest BCUT2D eigenvalue weighted by Crippen LogP contribution is 2.18. The Morgan fingerprint density at radius 2 is 2.06 bits per heavy atom. The van der Waals surface area contributed by atoms with E-state index in [9.17, 15) is 4.79 Å². The van der Waals surface area contributed by atoms with Crippen LogP contribution < -0.4 is 11.5 Å². The van der Waals surface area contributed by atoms with Crippen LogP contribution in [0.15, 0.2) is 0 Å². The largest absolute Gasteiger partial charge is 0.469 e. The first-order chi connectivity index (χ1) is 8.58. The maximum atomic E-state index is 11.4. The molecule has 1 aromatic heterocycles. The van der Waals surface area contributed by atoms with E-state index in [4.69, 9.17) is 16.2 Å². The van der Waals surface area contributed by atoms with Crippen molar-refractivity contribution in [1.82, 2.24) is 19.9 Å². The van der Waals surface area contributed by atoms with Crippen molar-refractivity contribution in [2.75, 3.05) is 31.7 Å². The Kier molecular flexibility index (Phi) is 3.56. The molecule has 98 valence electrons. The number of carbonyl (C=O) groups is 1. The number of hydrogen-bond acceptors (Lipinski definition) is 8. The molecule has 2 rings (SSSR count). The zero-order valence-corrected chi connectivity index (χ0v) is 10.2. The van der Waals surface area contributed by atoms with Crippen LogP contribution in [0.2, 0.25) is 0 Å². The fourth-order valence-electron chi connectivity index (χ4n) is 2.06. The van der Waals surface area contributed by atoms with Gasteiger partial charge in [-0.2, -0.15) is 15.0 Å². The predicted octanol–water partition coefficient (Wildman–Crippen LogP) is -0.969. The van der Waals surface area contributed by atoms with E-state index in [2.05, 4.69) is 19.9 Å². The molecule has 0 radical (unpaired) electrons. The number of nitrogens with two attached hydrogens (primary N) is 2. The molecule has 0 aliphatic carbocycles. The standard InChI is InChI=1S/C10H16N6O2/c1-18-8(17)6-2-3-16(4-6)5-7-13-9(11)15-10(12)14-7/h6H,2-5H2,1H3,(H4,11,12,13,14,15). The van der Waals surface area contributed by atoms with Gasteiger partial charge in [0.05, 0.1) is 19.6 Å². The van der Waals surface area contributed by atoms with E-state index in [0.717, 1.165) is 13.0 Å². The summed E-state index contributed by atoms with van der Waals surface area (Å²) in [7, 11) is 1.40. The summed E-state index contributed by atoms with van der Waals surface area (Å²) in [6.07, 6.45) is 0.780. The van der Waals surface area contributed by atoms with Crippen LogP contribution >= 0.6 is 0 Å². The lowest BCUT2D eigenvalue weighted by atomic mass is 10.1. The molecule has 1 saturated heterocycles. The van der Waals surface area contributed by atoms with Gasteiger partial charge in [0.1, 0.15) is 5.82 Å². The van der Waals surface area contributed by atoms with E-state index in [-0.39, 0.29) is 23.8 Å². The first kappa shape index (κ1) is 12.5. The molecular weight excluding hydrogens is 236 g/mol. The fraction of sp³-hybridized carbons (Fsp3) is 0.600. The molecule has 8 heteroatoms. The van der Waals surface area contributed by atoms with Gasteiger partial charge >= 0.3 is 5.97 Å². The van der Waals surface area contributed by atoms with Gasteiger partial charge in [0.15, 0.2) is 0 Å². The van der Waals surface area contributed by atoms with E-state index in [1.807, 2.05) is 0 Å². The lowest BCUT2D eigenvalue weighted by molar-refractivity contribution is -0.144. The highest BCUT2D eigenvalue weighted by atomic mass is 16.5. The van der Waals surface area contributed by atoms with E-state index < -0.39 is 0 Å². The summed E-state index contributed by atoms with van der Waals surface area (Å²) in [4.78, 5) is 25.2. The van der Waals surface area contributed by atoms with Crippen molar-refractivity contribution in [3.8, 4) is 0 Å². The predicted molar refractivity (Wildman–Crippen MR) is 64.1 cm³/mol. The average Bonchev–Trinajstić information content (AvgIpc) is 2.75. The van der Waals surface area contributed by atoms with Crippen molar-refractivity contribution in [1.29, 1.82) is 0 Å². The molecule has 1 atom stereocenters. The summed E-state index contributed by atoms with van der Waals surface area (Å²) < 4.78 is 4.72. The topological polar surface area (TPSA) is 120 Å². The van der Waals surface area contributed by atoms with Gasteiger partial charge in [0.25, 0.3) is 0 Å². The van der Waals surface area contributed by atoms with Crippen molar-refractivity contribution >= 4 is 17.9 Å². The Morgan fingerprint density at radius 3 is 2.67 bits per heavy atom. The van der Waals surface area contributed by atoms with Crippen LogP contribution in [0, 0.1) is 5.92 Å². The minimum absolute atomic E-state index is 0.0773. The highest BCUT2D eigenvalue weighted by molar-refractivity contribution is 5.72. The zero-order chi connectivity index (χ0) is 13.1. The monoisotopic (exact) mass is 252 g/mol. The number of rotatable bonds is 3. The van der Waals surface area contributed by atoms with Crippen molar-refractivity contribution in [3.63, 3.8) is 0 Å². The van der Waals surface area contributed by atoms with Gasteiger partial charge < -0.3 is 16.2 Å². The molecule has 4 N–H and O–H groups in total. The number of carbonyl (C=O) groups excluding carboxylic acids is 1. The molecule has 2 heterocycles. The van der Waals surface area contributed by atoms with Crippen LogP contribution in [0.4, 0.5) is 11.9 Å². The molecule has 1 aliphatic heterocycles. The van der Waals surface area contributed by atoms with Crippen LogP contribution in [0.3, 0.4) is 0 Å². The molecule has 0 spiro atoms. The summed E-state index contributed by atoms with van der Waals surface area (Å²) in [6.45, 7) is 1.94.